The van der Waals surface area contributed by atoms with Crippen LogP contribution in [0, 0.1) is 0 Å². The van der Waals surface area contributed by atoms with Crippen molar-refractivity contribution in [2.24, 2.45) is 0 Å². The zero-order valence-electron chi connectivity index (χ0n) is 12.0. The second-order valence-electron chi connectivity index (χ2n) is 4.28. The molecule has 0 saturated carbocycles. The number of nitrogens with zero attached hydrogens (tertiary/aromatic N) is 3. The molecule has 0 saturated heterocycles. The average molecular weight is 369 g/mol. The third kappa shape index (κ3) is 5.26. The van der Waals surface area contributed by atoms with Crippen LogP contribution >= 0.6 is 27.7 Å². The number of nitrogens with one attached hydrogen (secondary N) is 1. The molecular formula is C14H17BrN4OS. The van der Waals surface area contributed by atoms with Gasteiger partial charge in [0.2, 0.25) is 0 Å². The molecule has 2 aromatic heterocycles. The van der Waals surface area contributed by atoms with E-state index in [2.05, 4.69) is 43.1 Å². The zero-order chi connectivity index (χ0) is 15.1. The highest BCUT2D eigenvalue weighted by atomic mass is 79.9. The van der Waals surface area contributed by atoms with Crippen LogP contribution in [0.5, 0.6) is 0 Å². The van der Waals surface area contributed by atoms with Gasteiger partial charge in [0, 0.05) is 30.4 Å². The lowest BCUT2D eigenvalue weighted by Gasteiger charge is -2.08. The quantitative estimate of drug-likeness (QED) is 0.750. The molecule has 21 heavy (non-hydrogen) atoms. The molecule has 1 N–H and O–H groups in total. The van der Waals surface area contributed by atoms with Crippen LogP contribution in [-0.4, -0.2) is 28.6 Å². The van der Waals surface area contributed by atoms with Crippen LogP contribution in [-0.2, 0) is 11.3 Å². The number of pyridine rings is 1. The molecule has 0 aliphatic heterocycles. The number of aromatic nitrogens is 3. The number of hydrogen-bond acceptors (Lipinski definition) is 6. The first kappa shape index (κ1) is 16.2. The number of rotatable bonds is 7. The van der Waals surface area contributed by atoms with Gasteiger partial charge in [0.25, 0.3) is 0 Å². The fraction of sp³-hybridized carbons (Fsp3) is 0.357. The van der Waals surface area contributed by atoms with Gasteiger partial charge in [0.15, 0.2) is 5.82 Å². The summed E-state index contributed by atoms with van der Waals surface area (Å²) in [5.74, 6) is 1.48. The van der Waals surface area contributed by atoms with Gasteiger partial charge in [-0.15, -0.1) is 0 Å². The highest BCUT2D eigenvalue weighted by Gasteiger charge is 2.07. The van der Waals surface area contributed by atoms with E-state index in [0.717, 1.165) is 33.3 Å². The standard InChI is InChI=1S/C14H17BrN4OS/c1-3-6-16-11-7-14(19-12(18-11)9-20-2)21-13-5-4-10(15)8-17-13/h4-5,7-8H,3,6,9H2,1-2H3,(H,16,18,19). The summed E-state index contributed by atoms with van der Waals surface area (Å²) in [7, 11) is 1.64. The molecule has 0 aliphatic carbocycles. The highest BCUT2D eigenvalue weighted by molar-refractivity contribution is 9.10. The molecule has 7 heteroatoms. The Morgan fingerprint density at radius 2 is 2.14 bits per heavy atom. The summed E-state index contributed by atoms with van der Waals surface area (Å²) in [6, 6.07) is 5.85. The van der Waals surface area contributed by atoms with E-state index in [1.165, 1.54) is 11.8 Å². The van der Waals surface area contributed by atoms with Gasteiger partial charge in [0.1, 0.15) is 22.5 Å². The maximum absolute atomic E-state index is 5.12. The molecule has 0 unspecified atom stereocenters. The van der Waals surface area contributed by atoms with E-state index in [9.17, 15) is 0 Å². The highest BCUT2D eigenvalue weighted by Crippen LogP contribution is 2.26. The molecule has 0 atom stereocenters. The number of methoxy groups -OCH3 is 1. The Morgan fingerprint density at radius 3 is 2.81 bits per heavy atom. The molecule has 0 aliphatic rings. The molecule has 112 valence electrons. The van der Waals surface area contributed by atoms with Gasteiger partial charge in [-0.2, -0.15) is 0 Å². The lowest BCUT2D eigenvalue weighted by Crippen LogP contribution is -2.06. The summed E-state index contributed by atoms with van der Waals surface area (Å²) in [5, 5.41) is 5.02. The molecule has 0 radical (unpaired) electrons. The van der Waals surface area contributed by atoms with Crippen molar-refractivity contribution in [3.05, 3.63) is 34.7 Å². The van der Waals surface area contributed by atoms with Crippen LogP contribution in [0.15, 0.2) is 38.9 Å². The molecule has 0 aromatic carbocycles. The van der Waals surface area contributed by atoms with Gasteiger partial charge < -0.3 is 10.1 Å². The molecule has 2 rings (SSSR count). The molecular weight excluding hydrogens is 352 g/mol. The molecule has 5 nitrogen and oxygen atoms in total. The first-order chi connectivity index (χ1) is 10.2. The fourth-order valence-electron chi connectivity index (χ4n) is 1.59. The molecule has 0 amide bonds. The Labute approximate surface area is 137 Å². The Bertz CT molecular complexity index is 580. The van der Waals surface area contributed by atoms with Crippen LogP contribution < -0.4 is 5.32 Å². The van der Waals surface area contributed by atoms with Crippen LogP contribution in [0.4, 0.5) is 5.82 Å². The molecule has 2 heterocycles. The minimum atomic E-state index is 0.392. The number of halogens is 1. The predicted octanol–water partition coefficient (Wildman–Crippen LogP) is 3.75. The monoisotopic (exact) mass is 368 g/mol. The summed E-state index contributed by atoms with van der Waals surface area (Å²) < 4.78 is 6.08. The summed E-state index contributed by atoms with van der Waals surface area (Å²) >= 11 is 4.88. The van der Waals surface area contributed by atoms with Gasteiger partial charge in [-0.3, -0.25) is 0 Å². The lowest BCUT2D eigenvalue weighted by atomic mass is 10.4. The van der Waals surface area contributed by atoms with E-state index in [1.54, 1.807) is 13.3 Å². The van der Waals surface area contributed by atoms with Crippen molar-refractivity contribution in [1.82, 2.24) is 15.0 Å². The smallest absolute Gasteiger partial charge is 0.157 e. The molecule has 0 spiro atoms. The van der Waals surface area contributed by atoms with E-state index in [-0.39, 0.29) is 0 Å². The summed E-state index contributed by atoms with van der Waals surface area (Å²) in [6.45, 7) is 3.39. The maximum Gasteiger partial charge on any atom is 0.157 e. The van der Waals surface area contributed by atoms with Gasteiger partial charge in [0.05, 0.1) is 0 Å². The number of ether oxygens (including phenoxy) is 1. The van der Waals surface area contributed by atoms with Gasteiger partial charge in [-0.1, -0.05) is 6.92 Å². The van der Waals surface area contributed by atoms with Crippen molar-refractivity contribution in [1.29, 1.82) is 0 Å². The maximum atomic E-state index is 5.12. The van der Waals surface area contributed by atoms with Crippen molar-refractivity contribution in [3.8, 4) is 0 Å². The van der Waals surface area contributed by atoms with Gasteiger partial charge in [-0.25, -0.2) is 15.0 Å². The minimum absolute atomic E-state index is 0.392. The van der Waals surface area contributed by atoms with Crippen molar-refractivity contribution in [2.75, 3.05) is 19.0 Å². The average Bonchev–Trinajstić information content (AvgIpc) is 2.48. The van der Waals surface area contributed by atoms with Crippen LogP contribution in [0.1, 0.15) is 19.2 Å². The SMILES string of the molecule is CCCNc1cc(Sc2ccc(Br)cn2)nc(COC)n1. The van der Waals surface area contributed by atoms with Gasteiger partial charge in [-0.05, 0) is 46.2 Å². The van der Waals surface area contributed by atoms with Crippen LogP contribution in [0.3, 0.4) is 0 Å². The Balaban J connectivity index is 2.19. The predicted molar refractivity (Wildman–Crippen MR) is 87.6 cm³/mol. The largest absolute Gasteiger partial charge is 0.377 e. The first-order valence-electron chi connectivity index (χ1n) is 6.61. The second kappa shape index (κ2) is 8.31. The van der Waals surface area contributed by atoms with Crippen molar-refractivity contribution < 1.29 is 4.74 Å². The minimum Gasteiger partial charge on any atom is -0.377 e. The molecule has 2 aromatic rings. The van der Waals surface area contributed by atoms with Gasteiger partial charge >= 0.3 is 0 Å². The fourth-order valence-corrected chi connectivity index (χ4v) is 2.60. The van der Waals surface area contributed by atoms with Crippen LogP contribution in [0.25, 0.3) is 0 Å². The first-order valence-corrected chi connectivity index (χ1v) is 8.22. The summed E-state index contributed by atoms with van der Waals surface area (Å²) in [4.78, 5) is 13.3. The Morgan fingerprint density at radius 1 is 1.29 bits per heavy atom. The second-order valence-corrected chi connectivity index (χ2v) is 6.24. The Kier molecular flexibility index (Phi) is 6.41. The number of hydrogen-bond donors (Lipinski definition) is 1. The Hall–Kier alpha value is -1.18. The van der Waals surface area contributed by atoms with E-state index in [4.69, 9.17) is 4.74 Å². The van der Waals surface area contributed by atoms with Crippen molar-refractivity contribution in [2.45, 2.75) is 30.0 Å². The van der Waals surface area contributed by atoms with E-state index < -0.39 is 0 Å². The molecule has 0 fully saturated rings. The third-order valence-corrected chi connectivity index (χ3v) is 3.83. The van der Waals surface area contributed by atoms with Crippen LogP contribution in [0.2, 0.25) is 0 Å². The normalized spacial score (nSPS) is 10.6. The summed E-state index contributed by atoms with van der Waals surface area (Å²) in [6.07, 6.45) is 2.82. The third-order valence-electron chi connectivity index (χ3n) is 2.49. The lowest BCUT2D eigenvalue weighted by molar-refractivity contribution is 0.177. The number of anilines is 1. The van der Waals surface area contributed by atoms with E-state index in [0.29, 0.717) is 12.4 Å². The van der Waals surface area contributed by atoms with Crippen molar-refractivity contribution in [3.63, 3.8) is 0 Å². The van der Waals surface area contributed by atoms with Crippen molar-refractivity contribution >= 4 is 33.5 Å². The van der Waals surface area contributed by atoms with E-state index in [1.807, 2.05) is 18.2 Å². The summed E-state index contributed by atoms with van der Waals surface area (Å²) in [5.41, 5.74) is 0. The van der Waals surface area contributed by atoms with E-state index >= 15 is 0 Å². The molecule has 0 bridgehead atoms. The zero-order valence-corrected chi connectivity index (χ0v) is 14.4. The topological polar surface area (TPSA) is 59.9 Å².